The zero-order valence-corrected chi connectivity index (χ0v) is 9.26. The molecule has 0 unspecified atom stereocenters. The van der Waals surface area contributed by atoms with Gasteiger partial charge in [-0.1, -0.05) is 28.2 Å². The van der Waals surface area contributed by atoms with Gasteiger partial charge in [-0.2, -0.15) is 0 Å². The third-order valence-electron chi connectivity index (χ3n) is 1.89. The number of halogens is 1. The summed E-state index contributed by atoms with van der Waals surface area (Å²) in [7, 11) is 0. The number of Topliss-reactive ketones (excluding diaryl/α,β-unsaturated/α-hetero) is 1. The molecule has 0 atom stereocenters. The van der Waals surface area contributed by atoms with Gasteiger partial charge in [-0.15, -0.1) is 5.10 Å². The van der Waals surface area contributed by atoms with Gasteiger partial charge in [0.1, 0.15) is 4.88 Å². The summed E-state index contributed by atoms with van der Waals surface area (Å²) in [5.74, 6) is 0.0206. The Morgan fingerprint density at radius 1 is 1.47 bits per heavy atom. The van der Waals surface area contributed by atoms with E-state index in [1.54, 1.807) is 12.1 Å². The number of nitrogens with zero attached hydrogens (tertiary/aromatic N) is 2. The van der Waals surface area contributed by atoms with E-state index in [0.29, 0.717) is 16.3 Å². The van der Waals surface area contributed by atoms with E-state index < -0.39 is 0 Å². The molecule has 0 aliphatic rings. The molecule has 0 saturated heterocycles. The number of rotatable bonds is 3. The van der Waals surface area contributed by atoms with Gasteiger partial charge >= 0.3 is 0 Å². The summed E-state index contributed by atoms with van der Waals surface area (Å²) in [6, 6.07) is 7.27. The Balaban J connectivity index is 2.13. The van der Waals surface area contributed by atoms with Crippen molar-refractivity contribution >= 4 is 28.9 Å². The zero-order chi connectivity index (χ0) is 10.7. The lowest BCUT2D eigenvalue weighted by atomic mass is 10.1. The minimum Gasteiger partial charge on any atom is -0.293 e. The molecule has 5 heteroatoms. The number of hydrogen-bond acceptors (Lipinski definition) is 4. The van der Waals surface area contributed by atoms with Crippen LogP contribution >= 0.6 is 23.1 Å². The molecule has 2 aromatic rings. The minimum absolute atomic E-state index is 0.0206. The Morgan fingerprint density at radius 3 is 3.00 bits per heavy atom. The molecule has 0 radical (unpaired) electrons. The van der Waals surface area contributed by atoms with Crippen LogP contribution in [0, 0.1) is 0 Å². The number of ketones is 1. The minimum atomic E-state index is 0.0206. The number of hydrogen-bond donors (Lipinski definition) is 0. The van der Waals surface area contributed by atoms with E-state index in [2.05, 4.69) is 9.59 Å². The molecule has 0 aliphatic carbocycles. The highest BCUT2D eigenvalue weighted by molar-refractivity contribution is 7.07. The molecule has 0 aliphatic heterocycles. The maximum Gasteiger partial charge on any atom is 0.180 e. The SMILES string of the molecule is O=C(Cc1cccc(Cl)c1)c1cnns1. The highest BCUT2D eigenvalue weighted by atomic mass is 35.5. The molecule has 0 spiro atoms. The fraction of sp³-hybridized carbons (Fsp3) is 0.100. The van der Waals surface area contributed by atoms with Crippen molar-refractivity contribution in [3.63, 3.8) is 0 Å². The molecule has 1 aromatic carbocycles. The summed E-state index contributed by atoms with van der Waals surface area (Å²) < 4.78 is 3.65. The Morgan fingerprint density at radius 2 is 2.33 bits per heavy atom. The molecule has 76 valence electrons. The normalized spacial score (nSPS) is 10.2. The number of carbonyl (C=O) groups excluding carboxylic acids is 1. The summed E-state index contributed by atoms with van der Waals surface area (Å²) in [6.07, 6.45) is 1.82. The van der Waals surface area contributed by atoms with Crippen molar-refractivity contribution in [2.45, 2.75) is 6.42 Å². The van der Waals surface area contributed by atoms with Gasteiger partial charge in [0.2, 0.25) is 0 Å². The summed E-state index contributed by atoms with van der Waals surface area (Å²) in [5.41, 5.74) is 0.904. The van der Waals surface area contributed by atoms with Crippen LogP contribution in [0.2, 0.25) is 5.02 Å². The van der Waals surface area contributed by atoms with Crippen molar-refractivity contribution in [3.8, 4) is 0 Å². The van der Waals surface area contributed by atoms with Gasteiger partial charge in [-0.3, -0.25) is 4.79 Å². The highest BCUT2D eigenvalue weighted by Crippen LogP contribution is 2.14. The second-order valence-corrected chi connectivity index (χ2v) is 4.23. The van der Waals surface area contributed by atoms with Crippen LogP contribution in [-0.2, 0) is 6.42 Å². The second kappa shape index (κ2) is 4.51. The Hall–Kier alpha value is -1.26. The van der Waals surface area contributed by atoms with Gasteiger partial charge in [0, 0.05) is 11.4 Å². The fourth-order valence-electron chi connectivity index (χ4n) is 1.21. The van der Waals surface area contributed by atoms with E-state index in [0.717, 1.165) is 17.1 Å². The summed E-state index contributed by atoms with van der Waals surface area (Å²) in [6.45, 7) is 0. The lowest BCUT2D eigenvalue weighted by Crippen LogP contribution is -2.00. The smallest absolute Gasteiger partial charge is 0.180 e. The molecule has 15 heavy (non-hydrogen) atoms. The quantitative estimate of drug-likeness (QED) is 0.772. The van der Waals surface area contributed by atoms with Gasteiger partial charge in [0.05, 0.1) is 6.20 Å². The van der Waals surface area contributed by atoms with Crippen LogP contribution in [0.25, 0.3) is 0 Å². The lowest BCUT2D eigenvalue weighted by Gasteiger charge is -1.98. The van der Waals surface area contributed by atoms with Gasteiger partial charge < -0.3 is 0 Å². The first kappa shape index (κ1) is 10.3. The molecule has 2 rings (SSSR count). The average Bonchev–Trinajstić information content (AvgIpc) is 2.70. The van der Waals surface area contributed by atoms with Crippen LogP contribution in [0.5, 0.6) is 0 Å². The largest absolute Gasteiger partial charge is 0.293 e. The molecule has 0 bridgehead atoms. The Bertz CT molecular complexity index is 470. The molecule has 0 N–H and O–H groups in total. The van der Waals surface area contributed by atoms with Gasteiger partial charge in [0.15, 0.2) is 5.78 Å². The van der Waals surface area contributed by atoms with Crippen molar-refractivity contribution in [1.29, 1.82) is 0 Å². The van der Waals surface area contributed by atoms with E-state index >= 15 is 0 Å². The number of benzene rings is 1. The molecular weight excluding hydrogens is 232 g/mol. The van der Waals surface area contributed by atoms with E-state index in [-0.39, 0.29) is 5.78 Å². The van der Waals surface area contributed by atoms with Crippen LogP contribution < -0.4 is 0 Å². The Labute approximate surface area is 95.9 Å². The third kappa shape index (κ3) is 2.61. The first-order chi connectivity index (χ1) is 7.25. The van der Waals surface area contributed by atoms with E-state index in [1.165, 1.54) is 6.20 Å². The molecule has 3 nitrogen and oxygen atoms in total. The predicted molar refractivity (Wildman–Crippen MR) is 59.4 cm³/mol. The van der Waals surface area contributed by atoms with Crippen molar-refractivity contribution in [1.82, 2.24) is 9.59 Å². The molecule has 1 aromatic heterocycles. The van der Waals surface area contributed by atoms with Gasteiger partial charge in [-0.25, -0.2) is 0 Å². The zero-order valence-electron chi connectivity index (χ0n) is 7.68. The summed E-state index contributed by atoms with van der Waals surface area (Å²) >= 11 is 6.93. The first-order valence-electron chi connectivity index (χ1n) is 4.31. The van der Waals surface area contributed by atoms with Crippen LogP contribution in [0.3, 0.4) is 0 Å². The topological polar surface area (TPSA) is 42.9 Å². The maximum absolute atomic E-state index is 11.7. The molecule has 0 amide bonds. The van der Waals surface area contributed by atoms with Crippen molar-refractivity contribution in [2.24, 2.45) is 0 Å². The number of aromatic nitrogens is 2. The van der Waals surface area contributed by atoms with E-state index in [4.69, 9.17) is 11.6 Å². The summed E-state index contributed by atoms with van der Waals surface area (Å²) in [4.78, 5) is 12.3. The van der Waals surface area contributed by atoms with Crippen molar-refractivity contribution in [2.75, 3.05) is 0 Å². The van der Waals surface area contributed by atoms with Crippen LogP contribution in [0.4, 0.5) is 0 Å². The third-order valence-corrected chi connectivity index (χ3v) is 2.83. The van der Waals surface area contributed by atoms with Crippen LogP contribution in [0.15, 0.2) is 30.5 Å². The maximum atomic E-state index is 11.7. The average molecular weight is 239 g/mol. The first-order valence-corrected chi connectivity index (χ1v) is 5.46. The van der Waals surface area contributed by atoms with Crippen molar-refractivity contribution < 1.29 is 4.79 Å². The highest BCUT2D eigenvalue weighted by Gasteiger charge is 2.09. The van der Waals surface area contributed by atoms with E-state index in [9.17, 15) is 4.79 Å². The van der Waals surface area contributed by atoms with Gasteiger partial charge in [-0.05, 0) is 29.2 Å². The second-order valence-electron chi connectivity index (χ2n) is 3.01. The molecule has 1 heterocycles. The van der Waals surface area contributed by atoms with Crippen LogP contribution in [-0.4, -0.2) is 15.4 Å². The fourth-order valence-corrected chi connectivity index (χ4v) is 1.87. The molecule has 0 fully saturated rings. The van der Waals surface area contributed by atoms with Gasteiger partial charge in [0.25, 0.3) is 0 Å². The predicted octanol–water partition coefficient (Wildman–Crippen LogP) is 2.62. The number of carbonyl (C=O) groups is 1. The molecule has 0 saturated carbocycles. The summed E-state index contributed by atoms with van der Waals surface area (Å²) in [5, 5.41) is 4.27. The monoisotopic (exact) mass is 238 g/mol. The van der Waals surface area contributed by atoms with Crippen molar-refractivity contribution in [3.05, 3.63) is 45.9 Å². The Kier molecular flexibility index (Phi) is 3.08. The lowest BCUT2D eigenvalue weighted by molar-refractivity contribution is 0.0996. The standard InChI is InChI=1S/C10H7ClN2OS/c11-8-3-1-2-7(4-8)5-9(14)10-6-12-13-15-10/h1-4,6H,5H2. The van der Waals surface area contributed by atoms with Crippen LogP contribution in [0.1, 0.15) is 15.2 Å². The molecular formula is C10H7ClN2OS. The van der Waals surface area contributed by atoms with E-state index in [1.807, 2.05) is 12.1 Å².